The average molecular weight is 340 g/mol. The molecule has 2 aromatic carbocycles. The van der Waals surface area contributed by atoms with Gasteiger partial charge >= 0.3 is 0 Å². The van der Waals surface area contributed by atoms with Gasteiger partial charge in [0.2, 0.25) is 0 Å². The van der Waals surface area contributed by atoms with Gasteiger partial charge in [-0.05, 0) is 30.0 Å². The molecule has 0 amide bonds. The zero-order valence-electron chi connectivity index (χ0n) is 15.2. The molecule has 2 aliphatic rings. The number of benzene rings is 2. The van der Waals surface area contributed by atoms with Crippen LogP contribution in [-0.2, 0) is 0 Å². The second kappa shape index (κ2) is 6.17. The number of rotatable bonds is 3. The van der Waals surface area contributed by atoms with Crippen molar-refractivity contribution in [2.24, 2.45) is 0 Å². The fourth-order valence-electron chi connectivity index (χ4n) is 3.53. The molecule has 0 saturated carbocycles. The van der Waals surface area contributed by atoms with Gasteiger partial charge in [0.05, 0.1) is 0 Å². The fraction of sp³-hybridized carbons (Fsp3) is 0.429. The molecule has 0 saturated heterocycles. The van der Waals surface area contributed by atoms with Crippen LogP contribution in [0.3, 0.4) is 0 Å². The third-order valence-electron chi connectivity index (χ3n) is 4.70. The summed E-state index contributed by atoms with van der Waals surface area (Å²) in [7, 11) is 0. The van der Waals surface area contributed by atoms with Crippen LogP contribution >= 0.6 is 0 Å². The van der Waals surface area contributed by atoms with E-state index in [1.54, 1.807) is 0 Å². The molecule has 0 bridgehead atoms. The van der Waals surface area contributed by atoms with Crippen LogP contribution in [0.5, 0.6) is 23.0 Å². The fourth-order valence-corrected chi connectivity index (χ4v) is 3.53. The standard InChI is InChI=1S/C21H24O4/c1-12(2)14-6-5-7-17-19(14)25-21(24-17)15-8-9-16-20(18(15)13(3)4)23-11-10-22-16/h5-9,12-13,21H,10-11H2,1-4H3. The number of para-hydroxylation sites is 1. The first-order valence-corrected chi connectivity index (χ1v) is 8.95. The monoisotopic (exact) mass is 340 g/mol. The SMILES string of the molecule is CC(C)c1cccc2c1OC(c1ccc3c(c1C(C)C)OCCO3)O2. The number of fused-ring (bicyclic) bond motifs is 2. The van der Waals surface area contributed by atoms with Crippen LogP contribution in [0.25, 0.3) is 0 Å². The van der Waals surface area contributed by atoms with Gasteiger partial charge in [0.15, 0.2) is 23.0 Å². The molecule has 132 valence electrons. The Bertz CT molecular complexity index is 795. The lowest BCUT2D eigenvalue weighted by molar-refractivity contribution is 0.0463. The summed E-state index contributed by atoms with van der Waals surface area (Å²) >= 11 is 0. The molecule has 4 rings (SSSR count). The van der Waals surface area contributed by atoms with Crippen LogP contribution in [0.4, 0.5) is 0 Å². The number of hydrogen-bond acceptors (Lipinski definition) is 4. The Morgan fingerprint density at radius 1 is 0.800 bits per heavy atom. The van der Waals surface area contributed by atoms with E-state index in [9.17, 15) is 0 Å². The summed E-state index contributed by atoms with van der Waals surface area (Å²) in [4.78, 5) is 0. The lowest BCUT2D eigenvalue weighted by atomic mass is 9.94. The highest BCUT2D eigenvalue weighted by atomic mass is 16.7. The summed E-state index contributed by atoms with van der Waals surface area (Å²) in [6.45, 7) is 9.78. The molecule has 2 heterocycles. The van der Waals surface area contributed by atoms with Gasteiger partial charge in [0.1, 0.15) is 13.2 Å². The number of ether oxygens (including phenoxy) is 4. The summed E-state index contributed by atoms with van der Waals surface area (Å²) in [6, 6.07) is 10.1. The van der Waals surface area contributed by atoms with Gasteiger partial charge < -0.3 is 18.9 Å². The van der Waals surface area contributed by atoms with E-state index in [0.717, 1.165) is 34.1 Å². The minimum Gasteiger partial charge on any atom is -0.486 e. The molecule has 4 nitrogen and oxygen atoms in total. The zero-order valence-corrected chi connectivity index (χ0v) is 15.2. The highest BCUT2D eigenvalue weighted by Crippen LogP contribution is 2.49. The van der Waals surface area contributed by atoms with Gasteiger partial charge in [-0.15, -0.1) is 0 Å². The van der Waals surface area contributed by atoms with Gasteiger partial charge in [-0.25, -0.2) is 0 Å². The minimum absolute atomic E-state index is 0.270. The van der Waals surface area contributed by atoms with Crippen molar-refractivity contribution in [3.8, 4) is 23.0 Å². The van der Waals surface area contributed by atoms with Crippen molar-refractivity contribution in [2.45, 2.75) is 45.8 Å². The summed E-state index contributed by atoms with van der Waals surface area (Å²) in [6.07, 6.45) is -0.455. The first kappa shape index (κ1) is 16.1. The maximum atomic E-state index is 6.25. The Kier molecular flexibility index (Phi) is 3.98. The maximum absolute atomic E-state index is 6.25. The van der Waals surface area contributed by atoms with E-state index < -0.39 is 6.29 Å². The van der Waals surface area contributed by atoms with Crippen LogP contribution in [0, 0.1) is 0 Å². The minimum atomic E-state index is -0.455. The largest absolute Gasteiger partial charge is 0.486 e. The van der Waals surface area contributed by atoms with Crippen molar-refractivity contribution in [1.82, 2.24) is 0 Å². The lowest BCUT2D eigenvalue weighted by Gasteiger charge is -2.26. The van der Waals surface area contributed by atoms with Gasteiger partial charge in [0, 0.05) is 16.7 Å². The molecular formula is C21H24O4. The molecule has 0 fully saturated rings. The quantitative estimate of drug-likeness (QED) is 0.772. The Morgan fingerprint density at radius 2 is 1.60 bits per heavy atom. The van der Waals surface area contributed by atoms with E-state index in [4.69, 9.17) is 18.9 Å². The Balaban J connectivity index is 1.75. The summed E-state index contributed by atoms with van der Waals surface area (Å²) < 4.78 is 24.1. The predicted octanol–water partition coefficient (Wildman–Crippen LogP) is 5.17. The predicted molar refractivity (Wildman–Crippen MR) is 96.0 cm³/mol. The van der Waals surface area contributed by atoms with E-state index in [1.807, 2.05) is 24.3 Å². The molecule has 0 radical (unpaired) electrons. The van der Waals surface area contributed by atoms with Crippen molar-refractivity contribution >= 4 is 0 Å². The van der Waals surface area contributed by atoms with Gasteiger partial charge in [0.25, 0.3) is 6.29 Å². The Morgan fingerprint density at radius 3 is 2.36 bits per heavy atom. The maximum Gasteiger partial charge on any atom is 0.268 e. The second-order valence-electron chi connectivity index (χ2n) is 7.14. The van der Waals surface area contributed by atoms with Crippen LogP contribution in [0.2, 0.25) is 0 Å². The molecule has 0 N–H and O–H groups in total. The van der Waals surface area contributed by atoms with Crippen LogP contribution < -0.4 is 18.9 Å². The molecule has 1 unspecified atom stereocenters. The molecule has 1 atom stereocenters. The average Bonchev–Trinajstić information content (AvgIpc) is 3.04. The first-order chi connectivity index (χ1) is 12.1. The van der Waals surface area contributed by atoms with Crippen LogP contribution in [0.15, 0.2) is 30.3 Å². The van der Waals surface area contributed by atoms with Crippen molar-refractivity contribution < 1.29 is 18.9 Å². The molecule has 4 heteroatoms. The Labute approximate surface area is 148 Å². The Hall–Kier alpha value is -2.36. The van der Waals surface area contributed by atoms with Crippen LogP contribution in [0.1, 0.15) is 62.5 Å². The normalized spacial score (nSPS) is 18.1. The van der Waals surface area contributed by atoms with Crippen molar-refractivity contribution in [3.05, 3.63) is 47.0 Å². The third kappa shape index (κ3) is 2.70. The lowest BCUT2D eigenvalue weighted by Crippen LogP contribution is -2.19. The van der Waals surface area contributed by atoms with Gasteiger partial charge in [-0.3, -0.25) is 0 Å². The third-order valence-corrected chi connectivity index (χ3v) is 4.70. The summed E-state index contributed by atoms with van der Waals surface area (Å²) in [5, 5.41) is 0. The molecule has 0 aromatic heterocycles. The smallest absolute Gasteiger partial charge is 0.268 e. The molecule has 0 aliphatic carbocycles. The van der Waals surface area contributed by atoms with Gasteiger partial charge in [-0.1, -0.05) is 39.8 Å². The highest BCUT2D eigenvalue weighted by Gasteiger charge is 2.33. The van der Waals surface area contributed by atoms with Crippen molar-refractivity contribution in [1.29, 1.82) is 0 Å². The molecule has 2 aromatic rings. The molecular weight excluding hydrogens is 316 g/mol. The summed E-state index contributed by atoms with van der Waals surface area (Å²) in [5.41, 5.74) is 3.27. The topological polar surface area (TPSA) is 36.9 Å². The van der Waals surface area contributed by atoms with Crippen molar-refractivity contribution in [2.75, 3.05) is 13.2 Å². The second-order valence-corrected chi connectivity index (χ2v) is 7.14. The zero-order chi connectivity index (χ0) is 17.6. The van der Waals surface area contributed by atoms with E-state index >= 15 is 0 Å². The molecule has 0 spiro atoms. The van der Waals surface area contributed by atoms with E-state index in [2.05, 4.69) is 33.8 Å². The van der Waals surface area contributed by atoms with E-state index in [-0.39, 0.29) is 5.92 Å². The summed E-state index contributed by atoms with van der Waals surface area (Å²) in [5.74, 6) is 3.94. The molecule has 2 aliphatic heterocycles. The van der Waals surface area contributed by atoms with Crippen LogP contribution in [-0.4, -0.2) is 13.2 Å². The van der Waals surface area contributed by atoms with Gasteiger partial charge in [-0.2, -0.15) is 0 Å². The van der Waals surface area contributed by atoms with E-state index in [0.29, 0.717) is 19.1 Å². The molecule has 25 heavy (non-hydrogen) atoms. The first-order valence-electron chi connectivity index (χ1n) is 8.95. The van der Waals surface area contributed by atoms with E-state index in [1.165, 1.54) is 5.56 Å². The van der Waals surface area contributed by atoms with Crippen molar-refractivity contribution in [3.63, 3.8) is 0 Å². The number of hydrogen-bond donors (Lipinski definition) is 0. The highest BCUT2D eigenvalue weighted by molar-refractivity contribution is 5.56.